The summed E-state index contributed by atoms with van der Waals surface area (Å²) in [5.74, 6) is -0.485. The van der Waals surface area contributed by atoms with E-state index in [1.54, 1.807) is 25.1 Å². The maximum Gasteiger partial charge on any atom is 0.238 e. The van der Waals surface area contributed by atoms with E-state index in [0.29, 0.717) is 10.8 Å². The molecule has 0 saturated heterocycles. The van der Waals surface area contributed by atoms with Gasteiger partial charge in [-0.1, -0.05) is 23.9 Å². The van der Waals surface area contributed by atoms with Crippen molar-refractivity contribution in [3.63, 3.8) is 0 Å². The first-order valence-electron chi connectivity index (χ1n) is 8.02. The fourth-order valence-electron chi connectivity index (χ4n) is 2.26. The molecule has 1 aromatic heterocycles. The molecule has 3 rings (SSSR count). The highest BCUT2D eigenvalue weighted by Crippen LogP contribution is 2.25. The maximum absolute atomic E-state index is 13.8. The summed E-state index contributed by atoms with van der Waals surface area (Å²) in [5.41, 5.74) is 0.709. The van der Waals surface area contributed by atoms with Crippen LogP contribution in [0.3, 0.4) is 0 Å². The van der Waals surface area contributed by atoms with Crippen molar-refractivity contribution in [1.29, 1.82) is 0 Å². The molecule has 1 atom stereocenters. The number of aromatic amines is 1. The van der Waals surface area contributed by atoms with Crippen LogP contribution in [0.2, 0.25) is 0 Å². The minimum absolute atomic E-state index is 0.0469. The van der Waals surface area contributed by atoms with E-state index in [-0.39, 0.29) is 22.2 Å². The second-order valence-electron chi connectivity index (χ2n) is 5.77. The van der Waals surface area contributed by atoms with Crippen molar-refractivity contribution < 1.29 is 17.6 Å². The molecule has 146 valence electrons. The summed E-state index contributed by atoms with van der Waals surface area (Å²) in [6.07, 6.45) is 0. The highest BCUT2D eigenvalue weighted by molar-refractivity contribution is 8.00. The van der Waals surface area contributed by atoms with Gasteiger partial charge in [0, 0.05) is 5.69 Å². The number of primary sulfonamides is 1. The molecule has 11 heteroatoms. The lowest BCUT2D eigenvalue weighted by molar-refractivity contribution is -0.115. The molecule has 0 radical (unpaired) electrons. The first-order valence-corrected chi connectivity index (χ1v) is 10.4. The molecular weight excluding hydrogens is 405 g/mol. The Kier molecular flexibility index (Phi) is 5.77. The standard InChI is InChI=1S/C17H16FN5O3S2/c1-10(16(24)20-11-6-8-12(9-7-11)28(19,25)26)27-17-21-15(22-23-17)13-4-2-3-5-14(13)18/h2-10H,1H3,(H,20,24)(H2,19,25,26)(H,21,22,23)/t10-/m0/s1. The molecule has 0 saturated carbocycles. The van der Waals surface area contributed by atoms with E-state index in [1.165, 1.54) is 30.3 Å². The van der Waals surface area contributed by atoms with E-state index in [4.69, 9.17) is 5.14 Å². The predicted octanol–water partition coefficient (Wildman–Crippen LogP) is 2.38. The summed E-state index contributed by atoms with van der Waals surface area (Å²) >= 11 is 1.10. The smallest absolute Gasteiger partial charge is 0.238 e. The number of anilines is 1. The zero-order valence-corrected chi connectivity index (χ0v) is 16.2. The van der Waals surface area contributed by atoms with Crippen LogP contribution in [-0.2, 0) is 14.8 Å². The largest absolute Gasteiger partial charge is 0.325 e. The van der Waals surface area contributed by atoms with Crippen molar-refractivity contribution >= 4 is 33.4 Å². The molecule has 8 nitrogen and oxygen atoms in total. The minimum atomic E-state index is -3.79. The number of nitrogens with one attached hydrogen (secondary N) is 2. The van der Waals surface area contributed by atoms with Crippen molar-refractivity contribution in [3.8, 4) is 11.4 Å². The summed E-state index contributed by atoms with van der Waals surface area (Å²) in [6.45, 7) is 1.66. The van der Waals surface area contributed by atoms with Gasteiger partial charge in [-0.2, -0.15) is 0 Å². The fourth-order valence-corrected chi connectivity index (χ4v) is 3.50. The summed E-state index contributed by atoms with van der Waals surface area (Å²) in [7, 11) is -3.79. The van der Waals surface area contributed by atoms with Gasteiger partial charge in [-0.05, 0) is 43.3 Å². The number of nitrogens with zero attached hydrogens (tertiary/aromatic N) is 2. The average molecular weight is 421 g/mol. The molecule has 0 bridgehead atoms. The summed E-state index contributed by atoms with van der Waals surface area (Å²) in [4.78, 5) is 16.5. The minimum Gasteiger partial charge on any atom is -0.325 e. The first-order chi connectivity index (χ1) is 13.2. The number of hydrogen-bond donors (Lipinski definition) is 3. The van der Waals surface area contributed by atoms with Crippen LogP contribution in [0.15, 0.2) is 58.6 Å². The van der Waals surface area contributed by atoms with Crippen molar-refractivity contribution in [1.82, 2.24) is 15.2 Å². The molecule has 3 aromatic rings. The van der Waals surface area contributed by atoms with Crippen LogP contribution >= 0.6 is 11.8 Å². The van der Waals surface area contributed by atoms with Gasteiger partial charge in [0.1, 0.15) is 5.82 Å². The third kappa shape index (κ3) is 4.74. The molecule has 1 amide bonds. The lowest BCUT2D eigenvalue weighted by atomic mass is 10.2. The molecule has 0 spiro atoms. The number of hydrogen-bond acceptors (Lipinski definition) is 6. The first kappa shape index (κ1) is 20.0. The Morgan fingerprint density at radius 3 is 2.54 bits per heavy atom. The van der Waals surface area contributed by atoms with E-state index in [0.717, 1.165) is 11.8 Å². The topological polar surface area (TPSA) is 131 Å². The summed E-state index contributed by atoms with van der Waals surface area (Å²) in [5, 5.41) is 14.1. The van der Waals surface area contributed by atoms with Crippen LogP contribution in [0.25, 0.3) is 11.4 Å². The normalized spacial score (nSPS) is 12.5. The molecule has 0 fully saturated rings. The highest BCUT2D eigenvalue weighted by Gasteiger charge is 2.18. The van der Waals surface area contributed by atoms with Crippen LogP contribution in [0.4, 0.5) is 10.1 Å². The van der Waals surface area contributed by atoms with Gasteiger partial charge in [-0.25, -0.2) is 22.9 Å². The van der Waals surface area contributed by atoms with Gasteiger partial charge in [0.2, 0.25) is 21.1 Å². The number of amides is 1. The number of rotatable bonds is 6. The van der Waals surface area contributed by atoms with Gasteiger partial charge in [-0.3, -0.25) is 9.89 Å². The predicted molar refractivity (Wildman–Crippen MR) is 104 cm³/mol. The number of halogens is 1. The van der Waals surface area contributed by atoms with E-state index in [9.17, 15) is 17.6 Å². The van der Waals surface area contributed by atoms with Crippen LogP contribution in [0.5, 0.6) is 0 Å². The molecule has 2 aromatic carbocycles. The van der Waals surface area contributed by atoms with Gasteiger partial charge < -0.3 is 5.32 Å². The van der Waals surface area contributed by atoms with E-state index in [1.807, 2.05) is 0 Å². The Balaban J connectivity index is 1.64. The van der Waals surface area contributed by atoms with Crippen molar-refractivity contribution in [3.05, 3.63) is 54.3 Å². The van der Waals surface area contributed by atoms with Crippen LogP contribution in [0.1, 0.15) is 6.92 Å². The molecule has 0 unspecified atom stereocenters. The van der Waals surface area contributed by atoms with Gasteiger partial charge in [-0.15, -0.1) is 5.10 Å². The molecule has 4 N–H and O–H groups in total. The van der Waals surface area contributed by atoms with Crippen molar-refractivity contribution in [2.24, 2.45) is 5.14 Å². The Labute approximate surface area is 164 Å². The van der Waals surface area contributed by atoms with Crippen molar-refractivity contribution in [2.45, 2.75) is 22.2 Å². The number of sulfonamides is 1. The number of carbonyl (C=O) groups is 1. The number of thioether (sulfide) groups is 1. The quantitative estimate of drug-likeness (QED) is 0.524. The van der Waals surface area contributed by atoms with E-state index >= 15 is 0 Å². The molecule has 0 aliphatic rings. The molecule has 0 aliphatic heterocycles. The molecule has 1 heterocycles. The summed E-state index contributed by atoms with van der Waals surface area (Å²) in [6, 6.07) is 11.7. The Morgan fingerprint density at radius 2 is 1.89 bits per heavy atom. The maximum atomic E-state index is 13.8. The third-order valence-corrected chi connectivity index (χ3v) is 5.59. The number of aromatic nitrogens is 3. The number of carbonyl (C=O) groups excluding carboxylic acids is 1. The molecule has 0 aliphatic carbocycles. The number of H-pyrrole nitrogens is 1. The van der Waals surface area contributed by atoms with Gasteiger partial charge in [0.15, 0.2) is 5.82 Å². The van der Waals surface area contributed by atoms with E-state index < -0.39 is 21.1 Å². The number of nitrogens with two attached hydrogens (primary N) is 1. The van der Waals surface area contributed by atoms with Gasteiger partial charge >= 0.3 is 0 Å². The monoisotopic (exact) mass is 421 g/mol. The third-order valence-electron chi connectivity index (χ3n) is 3.70. The average Bonchev–Trinajstić information content (AvgIpc) is 3.10. The van der Waals surface area contributed by atoms with Gasteiger partial charge in [0.25, 0.3) is 0 Å². The Hall–Kier alpha value is -2.76. The number of benzene rings is 2. The second kappa shape index (κ2) is 8.09. The zero-order valence-electron chi connectivity index (χ0n) is 14.6. The second-order valence-corrected chi connectivity index (χ2v) is 8.63. The molecule has 28 heavy (non-hydrogen) atoms. The Morgan fingerprint density at radius 1 is 1.21 bits per heavy atom. The van der Waals surface area contributed by atoms with Gasteiger partial charge in [0.05, 0.1) is 15.7 Å². The lowest BCUT2D eigenvalue weighted by Crippen LogP contribution is -2.22. The van der Waals surface area contributed by atoms with Crippen LogP contribution in [0, 0.1) is 5.82 Å². The highest BCUT2D eigenvalue weighted by atomic mass is 32.2. The van der Waals surface area contributed by atoms with Crippen LogP contribution in [-0.4, -0.2) is 34.8 Å². The van der Waals surface area contributed by atoms with Crippen molar-refractivity contribution in [2.75, 3.05) is 5.32 Å². The molecular formula is C17H16FN5O3S2. The fraction of sp³-hybridized carbons (Fsp3) is 0.118. The Bertz CT molecular complexity index is 1100. The van der Waals surface area contributed by atoms with Crippen LogP contribution < -0.4 is 10.5 Å². The van der Waals surface area contributed by atoms with E-state index in [2.05, 4.69) is 20.5 Å². The SMILES string of the molecule is C[C@H](Sc1n[nH]c(-c2ccccc2F)n1)C(=O)Nc1ccc(S(N)(=O)=O)cc1. The zero-order chi connectivity index (χ0) is 20.3. The lowest BCUT2D eigenvalue weighted by Gasteiger charge is -2.10. The summed E-state index contributed by atoms with van der Waals surface area (Å²) < 4.78 is 36.3.